The number of nitrogens with zero attached hydrogens (tertiary/aromatic N) is 4. The van der Waals surface area contributed by atoms with Crippen molar-refractivity contribution < 1.29 is 4.79 Å². The highest BCUT2D eigenvalue weighted by Gasteiger charge is 2.48. The number of carbonyl (C=O) groups is 1. The van der Waals surface area contributed by atoms with Gasteiger partial charge in [0.15, 0.2) is 0 Å². The van der Waals surface area contributed by atoms with Gasteiger partial charge < -0.3 is 10.2 Å². The largest absolute Gasteiger partial charge is 0.349 e. The van der Waals surface area contributed by atoms with E-state index >= 15 is 0 Å². The van der Waals surface area contributed by atoms with Gasteiger partial charge in [0, 0.05) is 51.3 Å². The summed E-state index contributed by atoms with van der Waals surface area (Å²) in [6.07, 6.45) is 8.11. The number of hydrogen-bond acceptors (Lipinski definition) is 5. The second-order valence-electron chi connectivity index (χ2n) is 9.09. The Labute approximate surface area is 178 Å². The van der Waals surface area contributed by atoms with Crippen LogP contribution in [-0.4, -0.2) is 52.5 Å². The number of aromatic nitrogens is 2. The van der Waals surface area contributed by atoms with Crippen molar-refractivity contribution in [3.63, 3.8) is 0 Å². The summed E-state index contributed by atoms with van der Waals surface area (Å²) in [5, 5.41) is 3.45. The van der Waals surface area contributed by atoms with Crippen LogP contribution in [0.25, 0.3) is 0 Å². The summed E-state index contributed by atoms with van der Waals surface area (Å²) >= 11 is 0. The molecule has 1 spiro atoms. The van der Waals surface area contributed by atoms with Gasteiger partial charge >= 0.3 is 0 Å². The number of hydrogen-bond donors (Lipinski definition) is 1. The maximum Gasteiger partial charge on any atom is 0.225 e. The average molecular weight is 406 g/mol. The molecule has 3 aliphatic heterocycles. The maximum atomic E-state index is 12.5. The zero-order valence-corrected chi connectivity index (χ0v) is 17.6. The summed E-state index contributed by atoms with van der Waals surface area (Å²) in [7, 11) is 0. The molecule has 5 rings (SSSR count). The zero-order chi connectivity index (χ0) is 20.4. The highest BCUT2D eigenvalue weighted by molar-refractivity contribution is 5.77. The highest BCUT2D eigenvalue weighted by Crippen LogP contribution is 2.41. The lowest BCUT2D eigenvalue weighted by atomic mass is 9.79. The van der Waals surface area contributed by atoms with Gasteiger partial charge in [-0.3, -0.25) is 9.69 Å². The molecule has 0 saturated carbocycles. The highest BCUT2D eigenvalue weighted by atomic mass is 16.1. The molecule has 2 atom stereocenters. The van der Waals surface area contributed by atoms with E-state index < -0.39 is 0 Å². The predicted octanol–water partition coefficient (Wildman–Crippen LogP) is 3.11. The first kappa shape index (κ1) is 19.5. The second-order valence-corrected chi connectivity index (χ2v) is 9.09. The van der Waals surface area contributed by atoms with E-state index in [2.05, 4.69) is 50.4 Å². The molecule has 4 heterocycles. The molecule has 0 unspecified atom stereocenters. The summed E-state index contributed by atoms with van der Waals surface area (Å²) in [5.74, 6) is 1.37. The molecule has 3 fully saturated rings. The molecule has 3 aliphatic rings. The molecule has 3 saturated heterocycles. The van der Waals surface area contributed by atoms with E-state index in [9.17, 15) is 4.79 Å². The van der Waals surface area contributed by atoms with Gasteiger partial charge in [0.2, 0.25) is 11.9 Å². The zero-order valence-electron chi connectivity index (χ0n) is 17.6. The number of nitrogens with one attached hydrogen (secondary N) is 1. The first-order chi connectivity index (χ1) is 14.7. The van der Waals surface area contributed by atoms with E-state index in [1.54, 1.807) is 0 Å². The molecule has 0 bridgehead atoms. The average Bonchev–Trinajstić information content (AvgIpc) is 3.37. The number of likely N-dealkylation sites (tertiary alicyclic amines) is 1. The quantitative estimate of drug-likeness (QED) is 0.847. The smallest absolute Gasteiger partial charge is 0.225 e. The minimum atomic E-state index is -0.181. The van der Waals surface area contributed by atoms with E-state index in [0.29, 0.717) is 12.3 Å². The van der Waals surface area contributed by atoms with Crippen LogP contribution in [0, 0.1) is 0 Å². The van der Waals surface area contributed by atoms with Crippen LogP contribution in [-0.2, 0) is 11.3 Å². The van der Waals surface area contributed by atoms with Gasteiger partial charge in [0.05, 0.1) is 11.2 Å². The van der Waals surface area contributed by atoms with Crippen molar-refractivity contribution in [2.24, 2.45) is 0 Å². The minimum Gasteiger partial charge on any atom is -0.349 e. The topological polar surface area (TPSA) is 61.4 Å². The summed E-state index contributed by atoms with van der Waals surface area (Å²) in [6.45, 7) is 4.72. The van der Waals surface area contributed by atoms with E-state index in [4.69, 9.17) is 4.98 Å². The van der Waals surface area contributed by atoms with Crippen molar-refractivity contribution in [3.8, 4) is 0 Å². The standard InChI is InChI=1S/C24H31N5O/c30-22-10-4-5-12-24(27-22)18-28(17-21(24)19-8-2-1-3-9-19)16-20-11-13-25-23(26-20)29-14-6-7-15-29/h1-3,8-9,11,13,21H,4-7,10,12,14-18H2,(H,27,30)/t21-,24+/m0/s1. The fraction of sp³-hybridized carbons (Fsp3) is 0.542. The van der Waals surface area contributed by atoms with Gasteiger partial charge in [-0.1, -0.05) is 36.8 Å². The maximum absolute atomic E-state index is 12.5. The molecule has 158 valence electrons. The van der Waals surface area contributed by atoms with Gasteiger partial charge in [-0.2, -0.15) is 0 Å². The van der Waals surface area contributed by atoms with Crippen LogP contribution < -0.4 is 10.2 Å². The Hall–Kier alpha value is -2.47. The van der Waals surface area contributed by atoms with Crippen LogP contribution >= 0.6 is 0 Å². The van der Waals surface area contributed by atoms with Crippen molar-refractivity contribution in [2.45, 2.75) is 56.5 Å². The third kappa shape index (κ3) is 3.93. The fourth-order valence-electron chi connectivity index (χ4n) is 5.52. The van der Waals surface area contributed by atoms with Crippen molar-refractivity contribution in [3.05, 3.63) is 53.9 Å². The SMILES string of the molecule is O=C1CCCC[C@]2(CN(Cc3ccnc(N4CCCC4)n3)C[C@H]2c2ccccc2)N1. The van der Waals surface area contributed by atoms with E-state index in [1.807, 2.05) is 12.3 Å². The summed E-state index contributed by atoms with van der Waals surface area (Å²) in [6, 6.07) is 12.7. The van der Waals surface area contributed by atoms with Gasteiger partial charge in [-0.15, -0.1) is 0 Å². The van der Waals surface area contributed by atoms with Crippen LogP contribution in [0.15, 0.2) is 42.6 Å². The van der Waals surface area contributed by atoms with Crippen LogP contribution in [0.1, 0.15) is 55.7 Å². The van der Waals surface area contributed by atoms with Crippen molar-refractivity contribution in [1.82, 2.24) is 20.2 Å². The Bertz CT molecular complexity index is 882. The lowest BCUT2D eigenvalue weighted by molar-refractivity contribution is -0.122. The molecule has 1 aromatic carbocycles. The Balaban J connectivity index is 1.39. The third-order valence-corrected chi connectivity index (χ3v) is 6.96. The minimum absolute atomic E-state index is 0.181. The van der Waals surface area contributed by atoms with Crippen LogP contribution in [0.4, 0.5) is 5.95 Å². The van der Waals surface area contributed by atoms with E-state index in [1.165, 1.54) is 18.4 Å². The first-order valence-electron chi connectivity index (χ1n) is 11.4. The number of benzene rings is 1. The van der Waals surface area contributed by atoms with Gasteiger partial charge in [0.25, 0.3) is 0 Å². The number of carbonyl (C=O) groups excluding carboxylic acids is 1. The molecular weight excluding hydrogens is 374 g/mol. The van der Waals surface area contributed by atoms with Crippen molar-refractivity contribution in [1.29, 1.82) is 0 Å². The van der Waals surface area contributed by atoms with Crippen molar-refractivity contribution >= 4 is 11.9 Å². The number of amides is 1. The Morgan fingerprint density at radius 1 is 1.07 bits per heavy atom. The Kier molecular flexibility index (Phi) is 5.42. The van der Waals surface area contributed by atoms with Crippen LogP contribution in [0.5, 0.6) is 0 Å². The van der Waals surface area contributed by atoms with E-state index in [-0.39, 0.29) is 11.4 Å². The van der Waals surface area contributed by atoms with Crippen LogP contribution in [0.2, 0.25) is 0 Å². The lowest BCUT2D eigenvalue weighted by Gasteiger charge is -2.35. The second kappa shape index (κ2) is 8.34. The summed E-state index contributed by atoms with van der Waals surface area (Å²) < 4.78 is 0. The van der Waals surface area contributed by atoms with Crippen molar-refractivity contribution in [2.75, 3.05) is 31.1 Å². The van der Waals surface area contributed by atoms with Gasteiger partial charge in [-0.25, -0.2) is 9.97 Å². The number of rotatable bonds is 4. The fourth-order valence-corrected chi connectivity index (χ4v) is 5.52. The monoisotopic (exact) mass is 405 g/mol. The molecule has 6 nitrogen and oxygen atoms in total. The molecule has 1 amide bonds. The summed E-state index contributed by atoms with van der Waals surface area (Å²) in [4.78, 5) is 26.7. The Morgan fingerprint density at radius 2 is 1.90 bits per heavy atom. The molecule has 1 aromatic heterocycles. The molecular formula is C24H31N5O. The predicted molar refractivity (Wildman–Crippen MR) is 117 cm³/mol. The van der Waals surface area contributed by atoms with Gasteiger partial charge in [-0.05, 0) is 37.3 Å². The number of anilines is 1. The lowest BCUT2D eigenvalue weighted by Crippen LogP contribution is -2.52. The van der Waals surface area contributed by atoms with E-state index in [0.717, 1.165) is 63.6 Å². The van der Waals surface area contributed by atoms with Crippen LogP contribution in [0.3, 0.4) is 0 Å². The molecule has 0 radical (unpaired) electrons. The molecule has 30 heavy (non-hydrogen) atoms. The normalized spacial score (nSPS) is 27.4. The van der Waals surface area contributed by atoms with Gasteiger partial charge in [0.1, 0.15) is 0 Å². The Morgan fingerprint density at radius 3 is 2.73 bits per heavy atom. The molecule has 6 heteroatoms. The molecule has 2 aromatic rings. The first-order valence-corrected chi connectivity index (χ1v) is 11.4. The summed E-state index contributed by atoms with van der Waals surface area (Å²) in [5.41, 5.74) is 2.21. The molecule has 0 aliphatic carbocycles. The molecule has 1 N–H and O–H groups in total. The third-order valence-electron chi connectivity index (χ3n) is 6.96.